The number of carbonyl (C=O) groups is 1. The zero-order valence-corrected chi connectivity index (χ0v) is 17.7. The number of fused-ring (bicyclic) bond motifs is 1. The molecule has 1 unspecified atom stereocenters. The molecule has 4 rings (SSSR count). The van der Waals surface area contributed by atoms with Crippen LogP contribution in [0.4, 0.5) is 0 Å². The van der Waals surface area contributed by atoms with E-state index in [4.69, 9.17) is 18.9 Å². The van der Waals surface area contributed by atoms with Gasteiger partial charge in [-0.25, -0.2) is 0 Å². The lowest BCUT2D eigenvalue weighted by molar-refractivity contribution is 0.0284. The van der Waals surface area contributed by atoms with Crippen molar-refractivity contribution in [2.45, 2.75) is 19.1 Å². The maximum atomic E-state index is 12.6. The van der Waals surface area contributed by atoms with Gasteiger partial charge in [0.15, 0.2) is 11.5 Å². The lowest BCUT2D eigenvalue weighted by Crippen LogP contribution is -2.36. The van der Waals surface area contributed by atoms with Crippen LogP contribution in [-0.4, -0.2) is 50.1 Å². The van der Waals surface area contributed by atoms with Crippen LogP contribution in [0.2, 0.25) is 0 Å². The minimum Gasteiger partial charge on any atom is -0.493 e. The summed E-state index contributed by atoms with van der Waals surface area (Å²) >= 11 is 0. The summed E-state index contributed by atoms with van der Waals surface area (Å²) < 4.78 is 22.0. The van der Waals surface area contributed by atoms with Crippen molar-refractivity contribution in [2.75, 3.05) is 27.9 Å². The van der Waals surface area contributed by atoms with Gasteiger partial charge in [0.05, 0.1) is 39.7 Å². The van der Waals surface area contributed by atoms with Gasteiger partial charge in [0.25, 0.3) is 5.91 Å². The first-order chi connectivity index (χ1) is 15.1. The normalized spacial score (nSPS) is 15.1. The lowest BCUT2D eigenvalue weighted by Gasteiger charge is -2.25. The highest BCUT2D eigenvalue weighted by molar-refractivity contribution is 5.93. The van der Waals surface area contributed by atoms with E-state index in [9.17, 15) is 4.79 Å². The quantitative estimate of drug-likeness (QED) is 0.607. The number of benzene rings is 2. The predicted molar refractivity (Wildman–Crippen MR) is 115 cm³/mol. The number of nitrogens with zero attached hydrogens (tertiary/aromatic N) is 1. The van der Waals surface area contributed by atoms with Gasteiger partial charge < -0.3 is 24.3 Å². The van der Waals surface area contributed by atoms with Crippen LogP contribution in [0.1, 0.15) is 21.6 Å². The molecule has 1 aromatic heterocycles. The number of aromatic amines is 1. The van der Waals surface area contributed by atoms with Crippen molar-refractivity contribution >= 4 is 5.91 Å². The van der Waals surface area contributed by atoms with E-state index in [1.165, 1.54) is 11.1 Å². The van der Waals surface area contributed by atoms with Crippen molar-refractivity contribution in [3.8, 4) is 28.5 Å². The average molecular weight is 423 g/mol. The Morgan fingerprint density at radius 1 is 1.10 bits per heavy atom. The molecule has 2 N–H and O–H groups in total. The Labute approximate surface area is 180 Å². The van der Waals surface area contributed by atoms with Crippen LogP contribution in [-0.2, 0) is 17.8 Å². The molecule has 0 spiro atoms. The van der Waals surface area contributed by atoms with Crippen LogP contribution in [0.25, 0.3) is 11.3 Å². The van der Waals surface area contributed by atoms with Gasteiger partial charge in [-0.05, 0) is 29.3 Å². The van der Waals surface area contributed by atoms with Crippen LogP contribution in [0.5, 0.6) is 17.2 Å². The molecule has 162 valence electrons. The fourth-order valence-corrected chi connectivity index (χ4v) is 3.66. The largest absolute Gasteiger partial charge is 0.493 e. The minimum absolute atomic E-state index is 0.0589. The molecule has 3 aromatic rings. The van der Waals surface area contributed by atoms with Gasteiger partial charge >= 0.3 is 0 Å². The van der Waals surface area contributed by atoms with Gasteiger partial charge in [-0.3, -0.25) is 9.89 Å². The first kappa shape index (κ1) is 20.7. The van der Waals surface area contributed by atoms with E-state index in [2.05, 4.69) is 27.6 Å². The third-order valence-electron chi connectivity index (χ3n) is 5.31. The van der Waals surface area contributed by atoms with Gasteiger partial charge in [0.2, 0.25) is 5.75 Å². The van der Waals surface area contributed by atoms with E-state index in [0.29, 0.717) is 41.8 Å². The second-order valence-corrected chi connectivity index (χ2v) is 7.20. The Morgan fingerprint density at radius 2 is 1.81 bits per heavy atom. The number of rotatable bonds is 7. The third kappa shape index (κ3) is 4.34. The van der Waals surface area contributed by atoms with Crippen LogP contribution in [0, 0.1) is 0 Å². The average Bonchev–Trinajstić information content (AvgIpc) is 3.32. The van der Waals surface area contributed by atoms with Gasteiger partial charge in [-0.2, -0.15) is 5.10 Å². The molecule has 0 bridgehead atoms. The molecule has 1 amide bonds. The zero-order valence-electron chi connectivity index (χ0n) is 17.7. The first-order valence-electron chi connectivity index (χ1n) is 9.95. The van der Waals surface area contributed by atoms with Crippen LogP contribution < -0.4 is 19.5 Å². The second-order valence-electron chi connectivity index (χ2n) is 7.20. The van der Waals surface area contributed by atoms with Crippen LogP contribution >= 0.6 is 0 Å². The molecule has 2 heterocycles. The summed E-state index contributed by atoms with van der Waals surface area (Å²) in [6.07, 6.45) is 0.715. The molecule has 31 heavy (non-hydrogen) atoms. The molecular formula is C23H25N3O5. The first-order valence-corrected chi connectivity index (χ1v) is 9.95. The molecule has 0 saturated carbocycles. The summed E-state index contributed by atoms with van der Waals surface area (Å²) in [4.78, 5) is 12.6. The van der Waals surface area contributed by atoms with Gasteiger partial charge in [0, 0.05) is 18.5 Å². The predicted octanol–water partition coefficient (Wildman–Crippen LogP) is 2.97. The maximum absolute atomic E-state index is 12.6. The molecule has 1 aliphatic heterocycles. The summed E-state index contributed by atoms with van der Waals surface area (Å²) in [6.45, 7) is 0.984. The summed E-state index contributed by atoms with van der Waals surface area (Å²) in [5, 5.41) is 9.99. The summed E-state index contributed by atoms with van der Waals surface area (Å²) in [7, 11) is 4.65. The van der Waals surface area contributed by atoms with Gasteiger partial charge in [0.1, 0.15) is 5.69 Å². The number of hydrogen-bond donors (Lipinski definition) is 2. The van der Waals surface area contributed by atoms with E-state index in [-0.39, 0.29) is 12.0 Å². The third-order valence-corrected chi connectivity index (χ3v) is 5.31. The Balaban J connectivity index is 1.44. The number of hydrogen-bond acceptors (Lipinski definition) is 6. The Morgan fingerprint density at radius 3 is 2.48 bits per heavy atom. The minimum atomic E-state index is -0.242. The fraction of sp³-hybridized carbons (Fsp3) is 0.304. The Bertz CT molecular complexity index is 1050. The summed E-state index contributed by atoms with van der Waals surface area (Å²) in [5.74, 6) is 1.28. The number of nitrogens with one attached hydrogen (secondary N) is 2. The monoisotopic (exact) mass is 423 g/mol. The van der Waals surface area contributed by atoms with Gasteiger partial charge in [-0.15, -0.1) is 0 Å². The lowest BCUT2D eigenvalue weighted by atomic mass is 9.99. The van der Waals surface area contributed by atoms with E-state index >= 15 is 0 Å². The Hall–Kier alpha value is -3.52. The topological polar surface area (TPSA) is 94.7 Å². The highest BCUT2D eigenvalue weighted by Crippen LogP contribution is 2.40. The number of H-pyrrole nitrogens is 1. The number of carbonyl (C=O) groups excluding carboxylic acids is 1. The molecule has 1 aliphatic rings. The van der Waals surface area contributed by atoms with Crippen molar-refractivity contribution in [2.24, 2.45) is 0 Å². The van der Waals surface area contributed by atoms with Gasteiger partial charge in [-0.1, -0.05) is 24.3 Å². The smallest absolute Gasteiger partial charge is 0.269 e. The highest BCUT2D eigenvalue weighted by atomic mass is 16.5. The number of amides is 1. The number of methoxy groups -OCH3 is 3. The second kappa shape index (κ2) is 9.09. The zero-order chi connectivity index (χ0) is 21.8. The number of aromatic nitrogens is 2. The SMILES string of the molecule is COc1cc(-c2cc(C(=O)NCC3Cc4ccccc4CO3)[nH]n2)cc(OC)c1OC. The summed E-state index contributed by atoms with van der Waals surface area (Å²) in [6, 6.07) is 13.5. The fourth-order valence-electron chi connectivity index (χ4n) is 3.66. The van der Waals surface area contributed by atoms with E-state index in [1.54, 1.807) is 39.5 Å². The van der Waals surface area contributed by atoms with E-state index < -0.39 is 0 Å². The molecule has 1 atom stereocenters. The van der Waals surface area contributed by atoms with Crippen LogP contribution in [0.3, 0.4) is 0 Å². The van der Waals surface area contributed by atoms with Crippen molar-refractivity contribution in [3.05, 3.63) is 59.3 Å². The molecule has 8 heteroatoms. The van der Waals surface area contributed by atoms with Crippen molar-refractivity contribution in [3.63, 3.8) is 0 Å². The van der Waals surface area contributed by atoms with Crippen molar-refractivity contribution < 1.29 is 23.7 Å². The molecular weight excluding hydrogens is 398 g/mol. The molecule has 0 fully saturated rings. The maximum Gasteiger partial charge on any atom is 0.269 e. The molecule has 0 aliphatic carbocycles. The highest BCUT2D eigenvalue weighted by Gasteiger charge is 2.21. The van der Waals surface area contributed by atoms with E-state index in [0.717, 1.165) is 12.0 Å². The molecule has 8 nitrogen and oxygen atoms in total. The number of ether oxygens (including phenoxy) is 4. The Kier molecular flexibility index (Phi) is 6.08. The van der Waals surface area contributed by atoms with Crippen LogP contribution in [0.15, 0.2) is 42.5 Å². The molecule has 0 radical (unpaired) electrons. The molecule has 2 aromatic carbocycles. The summed E-state index contributed by atoms with van der Waals surface area (Å²) in [5.41, 5.74) is 4.15. The standard InChI is InChI=1S/C23H25N3O5/c1-28-20-9-16(10-21(29-2)22(20)30-3)18-11-19(26-25-18)23(27)24-12-17-8-14-6-4-5-7-15(14)13-31-17/h4-7,9-11,17H,8,12-13H2,1-3H3,(H,24,27)(H,25,26). The van der Waals surface area contributed by atoms with Crippen molar-refractivity contribution in [1.82, 2.24) is 15.5 Å². The van der Waals surface area contributed by atoms with Crippen molar-refractivity contribution in [1.29, 1.82) is 0 Å². The molecule has 0 saturated heterocycles. The van der Waals surface area contributed by atoms with E-state index in [1.807, 2.05) is 12.1 Å².